The molecule has 2 rings (SSSR count). The molecule has 4 heteroatoms. The molecule has 104 valence electrons. The van der Waals surface area contributed by atoms with Crippen LogP contribution in [0.15, 0.2) is 24.3 Å². The van der Waals surface area contributed by atoms with Crippen molar-refractivity contribution in [2.45, 2.75) is 51.2 Å². The van der Waals surface area contributed by atoms with Crippen LogP contribution in [0.2, 0.25) is 0 Å². The van der Waals surface area contributed by atoms with Gasteiger partial charge in [0, 0.05) is 25.0 Å². The van der Waals surface area contributed by atoms with Crippen molar-refractivity contribution >= 4 is 5.91 Å². The molecule has 1 aliphatic carbocycles. The van der Waals surface area contributed by atoms with E-state index in [1.807, 2.05) is 17.9 Å². The van der Waals surface area contributed by atoms with E-state index in [4.69, 9.17) is 5.73 Å². The third-order valence-corrected chi connectivity index (χ3v) is 3.53. The largest absolute Gasteiger partial charge is 0.508 e. The van der Waals surface area contributed by atoms with E-state index in [2.05, 4.69) is 0 Å². The first kappa shape index (κ1) is 13.9. The van der Waals surface area contributed by atoms with Gasteiger partial charge in [-0.3, -0.25) is 4.79 Å². The summed E-state index contributed by atoms with van der Waals surface area (Å²) in [6.45, 7) is 2.56. The van der Waals surface area contributed by atoms with Crippen LogP contribution in [-0.2, 0) is 11.3 Å². The molecule has 1 aliphatic rings. The highest BCUT2D eigenvalue weighted by Crippen LogP contribution is 2.29. The van der Waals surface area contributed by atoms with Crippen LogP contribution in [0, 0.1) is 0 Å². The van der Waals surface area contributed by atoms with Crippen LogP contribution >= 0.6 is 0 Å². The molecule has 0 radical (unpaired) electrons. The topological polar surface area (TPSA) is 66.6 Å². The number of amides is 1. The van der Waals surface area contributed by atoms with Crippen molar-refractivity contribution in [2.24, 2.45) is 5.73 Å². The van der Waals surface area contributed by atoms with Gasteiger partial charge in [0.25, 0.3) is 0 Å². The molecule has 3 N–H and O–H groups in total. The summed E-state index contributed by atoms with van der Waals surface area (Å²) in [5.41, 5.74) is 6.83. The summed E-state index contributed by atoms with van der Waals surface area (Å²) in [7, 11) is 0. The van der Waals surface area contributed by atoms with Gasteiger partial charge in [-0.05, 0) is 37.0 Å². The molecular formula is C15H22N2O2. The molecule has 0 bridgehead atoms. The second kappa shape index (κ2) is 6.06. The van der Waals surface area contributed by atoms with Crippen LogP contribution in [0.5, 0.6) is 5.75 Å². The first-order valence-corrected chi connectivity index (χ1v) is 6.93. The smallest absolute Gasteiger partial charge is 0.224 e. The molecule has 0 heterocycles. The van der Waals surface area contributed by atoms with Gasteiger partial charge in [-0.1, -0.05) is 19.1 Å². The Kier molecular flexibility index (Phi) is 4.43. The maximum atomic E-state index is 12.3. The van der Waals surface area contributed by atoms with E-state index in [1.165, 1.54) is 0 Å². The van der Waals surface area contributed by atoms with Gasteiger partial charge in [0.2, 0.25) is 5.91 Å². The third kappa shape index (κ3) is 3.96. The minimum atomic E-state index is -0.0575. The predicted molar refractivity (Wildman–Crippen MR) is 74.6 cm³/mol. The molecule has 4 nitrogen and oxygen atoms in total. The standard InChI is InChI=1S/C15H22N2O2/c1-2-12(16)9-15(19)17(13-6-7-13)10-11-4-3-5-14(18)8-11/h3-5,8,12-13,18H,2,6-7,9-10,16H2,1H3. The fourth-order valence-corrected chi connectivity index (χ4v) is 2.14. The van der Waals surface area contributed by atoms with E-state index < -0.39 is 0 Å². The van der Waals surface area contributed by atoms with Crippen molar-refractivity contribution in [3.8, 4) is 5.75 Å². The fraction of sp³-hybridized carbons (Fsp3) is 0.533. The highest BCUT2D eigenvalue weighted by Gasteiger charge is 2.32. The zero-order valence-electron chi connectivity index (χ0n) is 11.4. The normalized spacial score (nSPS) is 16.1. The summed E-state index contributed by atoms with van der Waals surface area (Å²) < 4.78 is 0. The maximum Gasteiger partial charge on any atom is 0.224 e. The summed E-state index contributed by atoms with van der Waals surface area (Å²) in [4.78, 5) is 14.2. The van der Waals surface area contributed by atoms with Gasteiger partial charge in [0.15, 0.2) is 0 Å². The van der Waals surface area contributed by atoms with Gasteiger partial charge >= 0.3 is 0 Å². The van der Waals surface area contributed by atoms with Gasteiger partial charge in [0.1, 0.15) is 5.75 Å². The van der Waals surface area contributed by atoms with Gasteiger partial charge < -0.3 is 15.7 Å². The number of nitrogens with two attached hydrogens (primary N) is 1. The Bertz CT molecular complexity index is 444. The number of rotatable bonds is 6. The Labute approximate surface area is 114 Å². The first-order valence-electron chi connectivity index (χ1n) is 6.93. The number of carbonyl (C=O) groups excluding carboxylic acids is 1. The van der Waals surface area contributed by atoms with Crippen LogP contribution < -0.4 is 5.73 Å². The maximum absolute atomic E-state index is 12.3. The summed E-state index contributed by atoms with van der Waals surface area (Å²) in [6, 6.07) is 7.39. The number of aromatic hydroxyl groups is 1. The van der Waals surface area contributed by atoms with Gasteiger partial charge in [-0.25, -0.2) is 0 Å². The third-order valence-electron chi connectivity index (χ3n) is 3.53. The van der Waals surface area contributed by atoms with Crippen molar-refractivity contribution in [2.75, 3.05) is 0 Å². The molecule has 0 aromatic heterocycles. The van der Waals surface area contributed by atoms with E-state index >= 15 is 0 Å². The zero-order valence-corrected chi connectivity index (χ0v) is 11.4. The van der Waals surface area contributed by atoms with Crippen LogP contribution in [0.25, 0.3) is 0 Å². The molecule has 0 spiro atoms. The van der Waals surface area contributed by atoms with Gasteiger partial charge in [-0.15, -0.1) is 0 Å². The monoisotopic (exact) mass is 262 g/mol. The van der Waals surface area contributed by atoms with E-state index in [1.54, 1.807) is 18.2 Å². The molecule has 1 aromatic carbocycles. The average Bonchev–Trinajstić information content (AvgIpc) is 3.20. The lowest BCUT2D eigenvalue weighted by Crippen LogP contribution is -2.36. The molecular weight excluding hydrogens is 240 g/mol. The summed E-state index contributed by atoms with van der Waals surface area (Å²) in [6.07, 6.45) is 3.38. The number of hydrogen-bond acceptors (Lipinski definition) is 3. The van der Waals surface area contributed by atoms with E-state index in [-0.39, 0.29) is 17.7 Å². The number of hydrogen-bond donors (Lipinski definition) is 2. The molecule has 0 aliphatic heterocycles. The highest BCUT2D eigenvalue weighted by atomic mass is 16.3. The first-order chi connectivity index (χ1) is 9.10. The van der Waals surface area contributed by atoms with Crippen molar-refractivity contribution in [1.82, 2.24) is 4.90 Å². The average molecular weight is 262 g/mol. The molecule has 1 saturated carbocycles. The van der Waals surface area contributed by atoms with E-state index in [0.717, 1.165) is 24.8 Å². The molecule has 1 atom stereocenters. The van der Waals surface area contributed by atoms with Crippen LogP contribution in [0.1, 0.15) is 38.2 Å². The van der Waals surface area contributed by atoms with Crippen molar-refractivity contribution in [1.29, 1.82) is 0 Å². The van der Waals surface area contributed by atoms with Gasteiger partial charge in [-0.2, -0.15) is 0 Å². The van der Waals surface area contributed by atoms with Crippen molar-refractivity contribution in [3.05, 3.63) is 29.8 Å². The molecule has 1 unspecified atom stereocenters. The Morgan fingerprint density at radius 2 is 2.26 bits per heavy atom. The number of nitrogens with zero attached hydrogens (tertiary/aromatic N) is 1. The minimum Gasteiger partial charge on any atom is -0.508 e. The molecule has 1 amide bonds. The quantitative estimate of drug-likeness (QED) is 0.824. The Balaban J connectivity index is 2.02. The number of phenols is 1. The number of carbonyl (C=O) groups is 1. The molecule has 0 saturated heterocycles. The predicted octanol–water partition coefficient (Wildman–Crippen LogP) is 2.01. The zero-order chi connectivity index (χ0) is 13.8. The summed E-state index contributed by atoms with van der Waals surface area (Å²) >= 11 is 0. The molecule has 1 aromatic rings. The van der Waals surface area contributed by atoms with E-state index in [0.29, 0.717) is 19.0 Å². The van der Waals surface area contributed by atoms with Crippen molar-refractivity contribution < 1.29 is 9.90 Å². The van der Waals surface area contributed by atoms with Gasteiger partial charge in [0.05, 0.1) is 0 Å². The number of phenolic OH excluding ortho intramolecular Hbond substituents is 1. The highest BCUT2D eigenvalue weighted by molar-refractivity contribution is 5.77. The Hall–Kier alpha value is -1.55. The lowest BCUT2D eigenvalue weighted by Gasteiger charge is -2.24. The molecule has 1 fully saturated rings. The molecule has 19 heavy (non-hydrogen) atoms. The summed E-state index contributed by atoms with van der Waals surface area (Å²) in [5.74, 6) is 0.367. The fourth-order valence-electron chi connectivity index (χ4n) is 2.14. The van der Waals surface area contributed by atoms with Crippen molar-refractivity contribution in [3.63, 3.8) is 0 Å². The van der Waals surface area contributed by atoms with Crippen LogP contribution in [0.3, 0.4) is 0 Å². The lowest BCUT2D eigenvalue weighted by atomic mass is 10.1. The second-order valence-electron chi connectivity index (χ2n) is 5.30. The Morgan fingerprint density at radius 3 is 2.84 bits per heavy atom. The Morgan fingerprint density at radius 1 is 1.53 bits per heavy atom. The minimum absolute atomic E-state index is 0.0575. The summed E-state index contributed by atoms with van der Waals surface area (Å²) in [5, 5.41) is 9.48. The van der Waals surface area contributed by atoms with Crippen LogP contribution in [-0.4, -0.2) is 28.0 Å². The number of benzene rings is 1. The second-order valence-corrected chi connectivity index (χ2v) is 5.30. The van der Waals surface area contributed by atoms with Crippen LogP contribution in [0.4, 0.5) is 0 Å². The SMILES string of the molecule is CCC(N)CC(=O)N(Cc1cccc(O)c1)C1CC1. The lowest BCUT2D eigenvalue weighted by molar-refractivity contribution is -0.132. The van der Waals surface area contributed by atoms with E-state index in [9.17, 15) is 9.90 Å².